The molecule has 23 heavy (non-hydrogen) atoms. The van der Waals surface area contributed by atoms with E-state index in [0.29, 0.717) is 18.0 Å². The van der Waals surface area contributed by atoms with Gasteiger partial charge in [0.1, 0.15) is 0 Å². The van der Waals surface area contributed by atoms with Gasteiger partial charge in [0.15, 0.2) is 5.13 Å². The van der Waals surface area contributed by atoms with Gasteiger partial charge in [0.2, 0.25) is 5.91 Å². The number of rotatable bonds is 5. The van der Waals surface area contributed by atoms with Crippen molar-refractivity contribution in [2.24, 2.45) is 0 Å². The first-order valence-corrected chi connectivity index (χ1v) is 8.32. The van der Waals surface area contributed by atoms with Gasteiger partial charge in [-0.3, -0.25) is 4.79 Å². The van der Waals surface area contributed by atoms with Crippen LogP contribution in [0.1, 0.15) is 23.4 Å². The lowest BCUT2D eigenvalue weighted by Gasteiger charge is -2.06. The zero-order valence-corrected chi connectivity index (χ0v) is 13.9. The van der Waals surface area contributed by atoms with E-state index in [1.54, 1.807) is 6.20 Å². The monoisotopic (exact) mass is 326 g/mol. The third-order valence-corrected chi connectivity index (χ3v) is 4.20. The van der Waals surface area contributed by atoms with E-state index in [-0.39, 0.29) is 5.91 Å². The average molecular weight is 326 g/mol. The maximum absolute atomic E-state index is 11.9. The maximum atomic E-state index is 11.9. The van der Waals surface area contributed by atoms with Crippen LogP contribution in [0, 0.1) is 13.8 Å². The van der Waals surface area contributed by atoms with Gasteiger partial charge < -0.3 is 5.32 Å². The Kier molecular flexibility index (Phi) is 4.52. The van der Waals surface area contributed by atoms with Crippen LogP contribution in [0.5, 0.6) is 0 Å². The number of nitrogens with one attached hydrogen (secondary N) is 1. The Morgan fingerprint density at radius 1 is 1.26 bits per heavy atom. The molecule has 1 aromatic carbocycles. The van der Waals surface area contributed by atoms with Crippen molar-refractivity contribution in [2.45, 2.75) is 26.7 Å². The van der Waals surface area contributed by atoms with E-state index in [9.17, 15) is 4.79 Å². The van der Waals surface area contributed by atoms with Crippen LogP contribution in [-0.2, 0) is 11.2 Å². The number of nitrogens with zero attached hydrogens (tertiary/aromatic N) is 3. The third-order valence-electron chi connectivity index (χ3n) is 3.51. The molecule has 0 radical (unpaired) electrons. The average Bonchev–Trinajstić information content (AvgIpc) is 3.15. The van der Waals surface area contributed by atoms with Crippen molar-refractivity contribution in [1.82, 2.24) is 14.8 Å². The van der Waals surface area contributed by atoms with E-state index in [0.717, 1.165) is 22.6 Å². The van der Waals surface area contributed by atoms with Crippen LogP contribution in [0.3, 0.4) is 0 Å². The van der Waals surface area contributed by atoms with E-state index in [1.165, 1.54) is 11.3 Å². The van der Waals surface area contributed by atoms with E-state index in [4.69, 9.17) is 0 Å². The van der Waals surface area contributed by atoms with Gasteiger partial charge in [-0.2, -0.15) is 5.10 Å². The molecule has 1 N–H and O–H groups in total. The van der Waals surface area contributed by atoms with Gasteiger partial charge in [-0.05, 0) is 44.0 Å². The molecule has 0 fully saturated rings. The summed E-state index contributed by atoms with van der Waals surface area (Å²) in [7, 11) is 0. The van der Waals surface area contributed by atoms with Crippen LogP contribution in [0.15, 0.2) is 41.9 Å². The number of aromatic nitrogens is 3. The third kappa shape index (κ3) is 3.84. The first-order chi connectivity index (χ1) is 11.1. The van der Waals surface area contributed by atoms with Crippen molar-refractivity contribution in [3.05, 3.63) is 58.9 Å². The number of hydrogen-bond donors (Lipinski definition) is 1. The van der Waals surface area contributed by atoms with Crippen molar-refractivity contribution in [1.29, 1.82) is 0 Å². The fourth-order valence-corrected chi connectivity index (χ4v) is 2.96. The molecule has 0 aliphatic carbocycles. The number of benzene rings is 1. The molecule has 3 rings (SSSR count). The molecule has 0 saturated carbocycles. The number of anilines is 1. The molecule has 0 bridgehead atoms. The highest BCUT2D eigenvalue weighted by Crippen LogP contribution is 2.15. The molecule has 118 valence electrons. The summed E-state index contributed by atoms with van der Waals surface area (Å²) in [6.07, 6.45) is 2.82. The second-order valence-corrected chi connectivity index (χ2v) is 6.29. The lowest BCUT2D eigenvalue weighted by atomic mass is 10.1. The minimum absolute atomic E-state index is 0.0115. The summed E-state index contributed by atoms with van der Waals surface area (Å²) in [6.45, 7) is 4.02. The molecule has 6 heteroatoms. The van der Waals surface area contributed by atoms with Gasteiger partial charge in [0.05, 0.1) is 11.4 Å². The van der Waals surface area contributed by atoms with E-state index in [2.05, 4.69) is 21.5 Å². The maximum Gasteiger partial charge on any atom is 0.226 e. The summed E-state index contributed by atoms with van der Waals surface area (Å²) in [5, 5.41) is 9.76. The minimum Gasteiger partial charge on any atom is -0.302 e. The molecule has 0 aliphatic heterocycles. The molecule has 1 amide bonds. The van der Waals surface area contributed by atoms with Crippen LogP contribution in [-0.4, -0.2) is 20.7 Å². The van der Waals surface area contributed by atoms with Gasteiger partial charge >= 0.3 is 0 Å². The Morgan fingerprint density at radius 2 is 2.04 bits per heavy atom. The van der Waals surface area contributed by atoms with Gasteiger partial charge in [-0.15, -0.1) is 11.3 Å². The van der Waals surface area contributed by atoms with Crippen LogP contribution < -0.4 is 5.32 Å². The molecule has 2 heterocycles. The highest BCUT2D eigenvalue weighted by Gasteiger charge is 2.06. The second-order valence-electron chi connectivity index (χ2n) is 5.39. The normalized spacial score (nSPS) is 10.7. The standard InChI is InChI=1S/C17H18N4OS/c1-12-11-13(2)21(20-12)15-6-3-14(4-7-15)5-8-16(22)19-17-18-9-10-23-17/h3-4,6-7,9-11H,5,8H2,1-2H3,(H,18,19,22). The van der Waals surface area contributed by atoms with E-state index < -0.39 is 0 Å². The first-order valence-electron chi connectivity index (χ1n) is 7.44. The molecule has 0 aliphatic rings. The van der Waals surface area contributed by atoms with Gasteiger partial charge in [0, 0.05) is 23.7 Å². The van der Waals surface area contributed by atoms with Crippen molar-refractivity contribution in [3.8, 4) is 5.69 Å². The van der Waals surface area contributed by atoms with Crippen LogP contribution in [0.25, 0.3) is 5.69 Å². The largest absolute Gasteiger partial charge is 0.302 e. The molecule has 0 unspecified atom stereocenters. The number of carbonyl (C=O) groups excluding carboxylic acids is 1. The fourth-order valence-electron chi connectivity index (χ4n) is 2.42. The zero-order valence-electron chi connectivity index (χ0n) is 13.1. The van der Waals surface area contributed by atoms with Crippen molar-refractivity contribution >= 4 is 22.4 Å². The zero-order chi connectivity index (χ0) is 16.2. The lowest BCUT2D eigenvalue weighted by molar-refractivity contribution is -0.116. The molecule has 0 atom stereocenters. The summed E-state index contributed by atoms with van der Waals surface area (Å²) in [4.78, 5) is 15.9. The van der Waals surface area contributed by atoms with Gasteiger partial charge in [-0.25, -0.2) is 9.67 Å². The van der Waals surface area contributed by atoms with Crippen LogP contribution in [0.4, 0.5) is 5.13 Å². The van der Waals surface area contributed by atoms with Crippen molar-refractivity contribution < 1.29 is 4.79 Å². The Balaban J connectivity index is 1.59. The Labute approximate surface area is 139 Å². The predicted molar refractivity (Wildman–Crippen MR) is 92.1 cm³/mol. The molecular weight excluding hydrogens is 308 g/mol. The topological polar surface area (TPSA) is 59.8 Å². The fraction of sp³-hybridized carbons (Fsp3) is 0.235. The summed E-state index contributed by atoms with van der Waals surface area (Å²) >= 11 is 1.42. The summed E-state index contributed by atoms with van der Waals surface area (Å²) < 4.78 is 1.92. The summed E-state index contributed by atoms with van der Waals surface area (Å²) in [5.74, 6) is -0.0115. The van der Waals surface area contributed by atoms with Crippen LogP contribution in [0.2, 0.25) is 0 Å². The Hall–Kier alpha value is -2.47. The van der Waals surface area contributed by atoms with Gasteiger partial charge in [-0.1, -0.05) is 12.1 Å². The lowest BCUT2D eigenvalue weighted by Crippen LogP contribution is -2.12. The molecule has 0 spiro atoms. The molecule has 0 saturated heterocycles. The van der Waals surface area contributed by atoms with Gasteiger partial charge in [0.25, 0.3) is 0 Å². The molecule has 5 nitrogen and oxygen atoms in total. The van der Waals surface area contributed by atoms with E-state index in [1.807, 2.05) is 48.2 Å². The molecule has 2 aromatic heterocycles. The highest BCUT2D eigenvalue weighted by molar-refractivity contribution is 7.13. The van der Waals surface area contributed by atoms with Crippen LogP contribution >= 0.6 is 11.3 Å². The number of hydrogen-bond acceptors (Lipinski definition) is 4. The van der Waals surface area contributed by atoms with Crippen molar-refractivity contribution in [3.63, 3.8) is 0 Å². The smallest absolute Gasteiger partial charge is 0.226 e. The quantitative estimate of drug-likeness (QED) is 0.780. The summed E-state index contributed by atoms with van der Waals surface area (Å²) in [6, 6.07) is 10.2. The number of thiazole rings is 1. The second kappa shape index (κ2) is 6.75. The predicted octanol–water partition coefficient (Wildman–Crippen LogP) is 3.52. The minimum atomic E-state index is -0.0115. The SMILES string of the molecule is Cc1cc(C)n(-c2ccc(CCC(=O)Nc3nccs3)cc2)n1. The number of aryl methyl sites for hydroxylation is 3. The molecular formula is C17H18N4OS. The first kappa shape index (κ1) is 15.4. The Morgan fingerprint density at radius 3 is 2.65 bits per heavy atom. The number of carbonyl (C=O) groups is 1. The molecule has 3 aromatic rings. The number of amides is 1. The van der Waals surface area contributed by atoms with E-state index >= 15 is 0 Å². The summed E-state index contributed by atoms with van der Waals surface area (Å²) in [5.41, 5.74) is 4.28. The highest BCUT2D eigenvalue weighted by atomic mass is 32.1. The van der Waals surface area contributed by atoms with Crippen molar-refractivity contribution in [2.75, 3.05) is 5.32 Å². The Bertz CT molecular complexity index is 791.